The van der Waals surface area contributed by atoms with Crippen LogP contribution in [-0.2, 0) is 16.6 Å². The van der Waals surface area contributed by atoms with E-state index in [1.807, 2.05) is 25.1 Å². The highest BCUT2D eigenvalue weighted by Gasteiger charge is 2.14. The van der Waals surface area contributed by atoms with E-state index in [4.69, 9.17) is 6.42 Å². The van der Waals surface area contributed by atoms with Crippen LogP contribution in [0.2, 0.25) is 0 Å². The van der Waals surface area contributed by atoms with Crippen LogP contribution in [0, 0.1) is 19.3 Å². The van der Waals surface area contributed by atoms with E-state index in [2.05, 4.69) is 26.2 Å². The molecule has 0 saturated carbocycles. The van der Waals surface area contributed by atoms with Gasteiger partial charge in [-0.05, 0) is 37.3 Å². The van der Waals surface area contributed by atoms with Crippen molar-refractivity contribution in [1.82, 2.24) is 4.57 Å². The standard InChI is InChI=1S/C17H13BrN2O2S2/c1-3-10-20-15-9-6-13(18)11-16(15)23-17(20)19-24(21,22)14-7-4-12(2)5-8-14/h1,4-9,11H,10H2,2H3/b19-17-. The lowest BCUT2D eigenvalue weighted by Crippen LogP contribution is -2.16. The molecule has 0 N–H and O–H groups in total. The fraction of sp³-hybridized carbons (Fsp3) is 0.118. The Morgan fingerprint density at radius 3 is 2.62 bits per heavy atom. The second kappa shape index (κ2) is 6.55. The van der Waals surface area contributed by atoms with Crippen molar-refractivity contribution in [3.8, 4) is 12.3 Å². The van der Waals surface area contributed by atoms with E-state index in [9.17, 15) is 8.42 Å². The maximum atomic E-state index is 12.6. The number of aryl methyl sites for hydroxylation is 1. The van der Waals surface area contributed by atoms with Gasteiger partial charge in [-0.15, -0.1) is 10.8 Å². The molecule has 24 heavy (non-hydrogen) atoms. The second-order valence-electron chi connectivity index (χ2n) is 5.17. The first kappa shape index (κ1) is 17.0. The lowest BCUT2D eigenvalue weighted by Gasteiger charge is -2.01. The van der Waals surface area contributed by atoms with Gasteiger partial charge in [-0.3, -0.25) is 0 Å². The number of benzene rings is 2. The van der Waals surface area contributed by atoms with E-state index >= 15 is 0 Å². The topological polar surface area (TPSA) is 51.4 Å². The third-order valence-electron chi connectivity index (χ3n) is 3.41. The molecule has 1 aromatic heterocycles. The molecule has 1 heterocycles. The van der Waals surface area contributed by atoms with Gasteiger partial charge < -0.3 is 4.57 Å². The van der Waals surface area contributed by atoms with Crippen LogP contribution >= 0.6 is 27.3 Å². The molecule has 0 saturated heterocycles. The number of thiazole rings is 1. The molecule has 0 fully saturated rings. The zero-order valence-corrected chi connectivity index (χ0v) is 16.0. The normalized spacial score (nSPS) is 12.5. The quantitative estimate of drug-likeness (QED) is 0.606. The molecule has 0 spiro atoms. The molecule has 0 unspecified atom stereocenters. The molecule has 0 radical (unpaired) electrons. The van der Waals surface area contributed by atoms with E-state index < -0.39 is 10.0 Å². The van der Waals surface area contributed by atoms with Gasteiger partial charge in [0.15, 0.2) is 0 Å². The molecule has 0 amide bonds. The number of halogens is 1. The van der Waals surface area contributed by atoms with Crippen LogP contribution in [0.15, 0.2) is 56.2 Å². The molecule has 3 rings (SSSR count). The van der Waals surface area contributed by atoms with Crippen molar-refractivity contribution >= 4 is 47.5 Å². The van der Waals surface area contributed by atoms with Crippen molar-refractivity contribution in [3.63, 3.8) is 0 Å². The molecule has 0 aliphatic heterocycles. The Morgan fingerprint density at radius 2 is 1.96 bits per heavy atom. The number of hydrogen-bond donors (Lipinski definition) is 0. The highest BCUT2D eigenvalue weighted by molar-refractivity contribution is 9.10. The number of nitrogens with zero attached hydrogens (tertiary/aromatic N) is 2. The largest absolute Gasteiger partial charge is 0.304 e. The van der Waals surface area contributed by atoms with Crippen molar-refractivity contribution in [2.24, 2.45) is 4.40 Å². The fourth-order valence-electron chi connectivity index (χ4n) is 2.23. The maximum Gasteiger partial charge on any atom is 0.285 e. The van der Waals surface area contributed by atoms with Crippen LogP contribution in [-0.4, -0.2) is 13.0 Å². The van der Waals surface area contributed by atoms with Crippen molar-refractivity contribution in [3.05, 3.63) is 57.3 Å². The van der Waals surface area contributed by atoms with Crippen molar-refractivity contribution in [2.45, 2.75) is 18.4 Å². The van der Waals surface area contributed by atoms with Crippen LogP contribution in [0.3, 0.4) is 0 Å². The lowest BCUT2D eigenvalue weighted by atomic mass is 10.2. The third kappa shape index (κ3) is 3.31. The first-order chi connectivity index (χ1) is 11.4. The van der Waals surface area contributed by atoms with E-state index in [0.717, 1.165) is 20.3 Å². The van der Waals surface area contributed by atoms with Gasteiger partial charge in [0.1, 0.15) is 0 Å². The van der Waals surface area contributed by atoms with Gasteiger partial charge in [-0.1, -0.05) is 50.9 Å². The highest BCUT2D eigenvalue weighted by atomic mass is 79.9. The number of hydrogen-bond acceptors (Lipinski definition) is 3. The minimum atomic E-state index is -3.79. The van der Waals surface area contributed by atoms with Crippen molar-refractivity contribution in [2.75, 3.05) is 0 Å². The predicted octanol–water partition coefficient (Wildman–Crippen LogP) is 3.70. The summed E-state index contributed by atoms with van der Waals surface area (Å²) in [6.45, 7) is 2.15. The molecule has 3 aromatic rings. The molecular weight excluding hydrogens is 408 g/mol. The maximum absolute atomic E-state index is 12.6. The van der Waals surface area contributed by atoms with Crippen LogP contribution in [0.4, 0.5) is 0 Å². The fourth-order valence-corrected chi connectivity index (χ4v) is 5.01. The number of sulfonamides is 1. The first-order valence-electron chi connectivity index (χ1n) is 7.01. The van der Waals surface area contributed by atoms with E-state index in [0.29, 0.717) is 4.80 Å². The summed E-state index contributed by atoms with van der Waals surface area (Å²) in [7, 11) is -3.79. The minimum absolute atomic E-state index is 0.166. The number of terminal acetylenes is 1. The summed E-state index contributed by atoms with van der Waals surface area (Å²) in [5.41, 5.74) is 1.85. The Bertz CT molecular complexity index is 1120. The summed E-state index contributed by atoms with van der Waals surface area (Å²) >= 11 is 4.71. The molecule has 122 valence electrons. The zero-order chi connectivity index (χ0) is 17.3. The minimum Gasteiger partial charge on any atom is -0.304 e. The second-order valence-corrected chi connectivity index (χ2v) is 8.70. The van der Waals surface area contributed by atoms with Crippen molar-refractivity contribution < 1.29 is 8.42 Å². The number of aromatic nitrogens is 1. The van der Waals surface area contributed by atoms with Crippen molar-refractivity contribution in [1.29, 1.82) is 0 Å². The molecule has 4 nitrogen and oxygen atoms in total. The average molecular weight is 421 g/mol. The molecule has 2 aromatic carbocycles. The number of rotatable bonds is 3. The van der Waals surface area contributed by atoms with Gasteiger partial charge in [0.05, 0.1) is 21.7 Å². The van der Waals surface area contributed by atoms with Gasteiger partial charge in [0, 0.05) is 4.47 Å². The van der Waals surface area contributed by atoms with Crippen LogP contribution in [0.25, 0.3) is 10.2 Å². The van der Waals surface area contributed by atoms with Gasteiger partial charge >= 0.3 is 0 Å². The Balaban J connectivity index is 2.24. The Kier molecular flexibility index (Phi) is 4.63. The van der Waals surface area contributed by atoms with Gasteiger partial charge in [0.2, 0.25) is 4.80 Å². The average Bonchev–Trinajstić information content (AvgIpc) is 2.84. The SMILES string of the molecule is C#CCn1/c(=N/S(=O)(=O)c2ccc(C)cc2)sc2cc(Br)ccc21. The highest BCUT2D eigenvalue weighted by Crippen LogP contribution is 2.22. The molecule has 7 heteroatoms. The Labute approximate surface area is 152 Å². The molecular formula is C17H13BrN2O2S2. The monoisotopic (exact) mass is 420 g/mol. The summed E-state index contributed by atoms with van der Waals surface area (Å²) in [6.07, 6.45) is 5.43. The lowest BCUT2D eigenvalue weighted by molar-refractivity contribution is 0.596. The first-order valence-corrected chi connectivity index (χ1v) is 10.1. The number of fused-ring (bicyclic) bond motifs is 1. The smallest absolute Gasteiger partial charge is 0.285 e. The predicted molar refractivity (Wildman–Crippen MR) is 100 cm³/mol. The summed E-state index contributed by atoms with van der Waals surface area (Å²) in [5, 5.41) is 0. The molecule has 0 aliphatic carbocycles. The van der Waals surface area contributed by atoms with Crippen LogP contribution < -0.4 is 4.80 Å². The third-order valence-corrected chi connectivity index (χ3v) is 6.34. The molecule has 0 atom stereocenters. The van der Waals surface area contributed by atoms with Gasteiger partial charge in [0.25, 0.3) is 10.0 Å². The zero-order valence-electron chi connectivity index (χ0n) is 12.7. The van der Waals surface area contributed by atoms with E-state index in [1.165, 1.54) is 11.3 Å². The Hall–Kier alpha value is -1.88. The van der Waals surface area contributed by atoms with E-state index in [-0.39, 0.29) is 11.4 Å². The van der Waals surface area contributed by atoms with Gasteiger partial charge in [-0.25, -0.2) is 0 Å². The summed E-state index contributed by atoms with van der Waals surface area (Å²) in [5.74, 6) is 2.55. The summed E-state index contributed by atoms with van der Waals surface area (Å²) in [6, 6.07) is 12.3. The summed E-state index contributed by atoms with van der Waals surface area (Å²) in [4.78, 5) is 0.528. The van der Waals surface area contributed by atoms with Crippen LogP contribution in [0.1, 0.15) is 5.56 Å². The molecule has 0 bridgehead atoms. The van der Waals surface area contributed by atoms with Gasteiger partial charge in [-0.2, -0.15) is 8.42 Å². The van der Waals surface area contributed by atoms with E-state index in [1.54, 1.807) is 28.8 Å². The summed E-state index contributed by atoms with van der Waals surface area (Å²) < 4.78 is 32.7. The Morgan fingerprint density at radius 1 is 1.25 bits per heavy atom. The molecule has 0 aliphatic rings. The van der Waals surface area contributed by atoms with Crippen LogP contribution in [0.5, 0.6) is 0 Å².